The van der Waals surface area contributed by atoms with Crippen molar-refractivity contribution >= 4 is 15.9 Å². The molecule has 0 aliphatic heterocycles. The number of amides is 1. The van der Waals surface area contributed by atoms with Gasteiger partial charge >= 0.3 is 12.1 Å². The Balaban J connectivity index is 2.55. The van der Waals surface area contributed by atoms with Gasteiger partial charge in [0.1, 0.15) is 10.6 Å². The van der Waals surface area contributed by atoms with Crippen molar-refractivity contribution < 1.29 is 31.1 Å². The maximum absolute atomic E-state index is 12.0. The second kappa shape index (κ2) is 7.64. The average Bonchev–Trinajstić information content (AvgIpc) is 2.44. The number of alkyl halides is 3. The van der Waals surface area contributed by atoms with Gasteiger partial charge in [-0.05, 0) is 37.0 Å². The smallest absolute Gasteiger partial charge is 0.471 e. The van der Waals surface area contributed by atoms with E-state index in [1.807, 2.05) is 0 Å². The van der Waals surface area contributed by atoms with Crippen molar-refractivity contribution in [3.8, 4) is 5.75 Å². The summed E-state index contributed by atoms with van der Waals surface area (Å²) in [5.74, 6) is -1.85. The highest BCUT2D eigenvalue weighted by Crippen LogP contribution is 2.24. The van der Waals surface area contributed by atoms with Gasteiger partial charge in [0.25, 0.3) is 0 Å². The molecule has 0 aliphatic rings. The second-order valence-electron chi connectivity index (χ2n) is 4.74. The van der Waals surface area contributed by atoms with Crippen LogP contribution < -0.4 is 15.2 Å². The lowest BCUT2D eigenvalue weighted by Crippen LogP contribution is -2.37. The van der Waals surface area contributed by atoms with E-state index in [0.717, 1.165) is 0 Å². The zero-order chi connectivity index (χ0) is 17.7. The second-order valence-corrected chi connectivity index (χ2v) is 6.27. The molecule has 0 radical (unpaired) electrons. The Hall–Kier alpha value is -1.81. The Morgan fingerprint density at radius 1 is 1.30 bits per heavy atom. The first-order chi connectivity index (χ1) is 10.6. The van der Waals surface area contributed by atoms with Gasteiger partial charge in [0.05, 0.1) is 7.11 Å². The fourth-order valence-corrected chi connectivity index (χ4v) is 2.60. The standard InChI is InChI=1S/C13H17F3N2O4S/c1-22-10-6-5-9(8-11(10)23(17,20)21)4-2-3-7-18-12(19)13(14,15)16/h5-6,8H,2-4,7H2,1H3,(H,18,19)(H2,17,20,21). The number of methoxy groups -OCH3 is 1. The Morgan fingerprint density at radius 2 is 1.96 bits per heavy atom. The Labute approximate surface area is 131 Å². The van der Waals surface area contributed by atoms with Gasteiger partial charge in [0.2, 0.25) is 10.0 Å². The number of hydrogen-bond acceptors (Lipinski definition) is 4. The number of unbranched alkanes of at least 4 members (excludes halogenated alkanes) is 1. The van der Waals surface area contributed by atoms with Crippen LogP contribution in [0.3, 0.4) is 0 Å². The third kappa shape index (κ3) is 6.06. The molecule has 3 N–H and O–H groups in total. The van der Waals surface area contributed by atoms with Crippen molar-refractivity contribution in [3.63, 3.8) is 0 Å². The fraction of sp³-hybridized carbons (Fsp3) is 0.462. The molecule has 0 saturated heterocycles. The van der Waals surface area contributed by atoms with Gasteiger partial charge in [-0.3, -0.25) is 4.79 Å². The van der Waals surface area contributed by atoms with Crippen LogP contribution in [0.1, 0.15) is 18.4 Å². The molecule has 1 aromatic rings. The highest BCUT2D eigenvalue weighted by molar-refractivity contribution is 7.89. The van der Waals surface area contributed by atoms with Gasteiger partial charge in [-0.1, -0.05) is 6.07 Å². The molecule has 10 heteroatoms. The summed E-state index contributed by atoms with van der Waals surface area (Å²) in [6, 6.07) is 4.46. The Kier molecular flexibility index (Phi) is 6.39. The number of rotatable bonds is 7. The van der Waals surface area contributed by atoms with Crippen LogP contribution >= 0.6 is 0 Å². The van der Waals surface area contributed by atoms with Crippen LogP contribution in [-0.4, -0.2) is 34.2 Å². The van der Waals surface area contributed by atoms with E-state index in [9.17, 15) is 26.4 Å². The molecular weight excluding hydrogens is 337 g/mol. The van der Waals surface area contributed by atoms with Crippen molar-refractivity contribution in [3.05, 3.63) is 23.8 Å². The molecule has 0 saturated carbocycles. The normalized spacial score (nSPS) is 12.0. The van der Waals surface area contributed by atoms with Gasteiger partial charge in [-0.25, -0.2) is 13.6 Å². The number of halogens is 3. The molecule has 0 aromatic heterocycles. The Morgan fingerprint density at radius 3 is 2.48 bits per heavy atom. The average molecular weight is 354 g/mol. The summed E-state index contributed by atoms with van der Waals surface area (Å²) < 4.78 is 63.7. The van der Waals surface area contributed by atoms with E-state index in [4.69, 9.17) is 9.88 Å². The van der Waals surface area contributed by atoms with Crippen LogP contribution in [0.25, 0.3) is 0 Å². The molecule has 0 unspecified atom stereocenters. The largest absolute Gasteiger partial charge is 0.495 e. The van der Waals surface area contributed by atoms with Gasteiger partial charge in [-0.15, -0.1) is 0 Å². The summed E-state index contributed by atoms with van der Waals surface area (Å²) >= 11 is 0. The van der Waals surface area contributed by atoms with Crippen molar-refractivity contribution in [2.24, 2.45) is 5.14 Å². The van der Waals surface area contributed by atoms with Gasteiger partial charge in [-0.2, -0.15) is 13.2 Å². The number of primary sulfonamides is 1. The van der Waals surface area contributed by atoms with E-state index < -0.39 is 22.1 Å². The summed E-state index contributed by atoms with van der Waals surface area (Å²) in [6.07, 6.45) is -3.68. The molecule has 0 heterocycles. The van der Waals surface area contributed by atoms with Crippen LogP contribution in [0.2, 0.25) is 0 Å². The molecular formula is C13H17F3N2O4S. The van der Waals surface area contributed by atoms with Crippen LogP contribution in [0.5, 0.6) is 5.75 Å². The lowest BCUT2D eigenvalue weighted by Gasteiger charge is -2.10. The van der Waals surface area contributed by atoms with Crippen molar-refractivity contribution in [1.29, 1.82) is 0 Å². The van der Waals surface area contributed by atoms with Crippen molar-refractivity contribution in [2.45, 2.75) is 30.3 Å². The molecule has 1 amide bonds. The number of aryl methyl sites for hydroxylation is 1. The SMILES string of the molecule is COc1ccc(CCCCNC(=O)C(F)(F)F)cc1S(N)(=O)=O. The summed E-state index contributed by atoms with van der Waals surface area (Å²) in [5, 5.41) is 6.85. The van der Waals surface area contributed by atoms with Crippen LogP contribution in [0.15, 0.2) is 23.1 Å². The summed E-state index contributed by atoms with van der Waals surface area (Å²) in [7, 11) is -2.63. The van der Waals surface area contributed by atoms with Gasteiger partial charge < -0.3 is 10.1 Å². The molecule has 6 nitrogen and oxygen atoms in total. The Bertz CT molecular complexity index is 660. The number of nitrogens with one attached hydrogen (secondary N) is 1. The zero-order valence-electron chi connectivity index (χ0n) is 12.3. The van der Waals surface area contributed by atoms with Crippen LogP contribution in [0, 0.1) is 0 Å². The lowest BCUT2D eigenvalue weighted by molar-refractivity contribution is -0.173. The first-order valence-corrected chi connectivity index (χ1v) is 8.15. The summed E-state index contributed by atoms with van der Waals surface area (Å²) in [6.45, 7) is -0.115. The van der Waals surface area contributed by atoms with E-state index in [1.54, 1.807) is 11.4 Å². The molecule has 130 valence electrons. The zero-order valence-corrected chi connectivity index (χ0v) is 13.1. The predicted molar refractivity (Wildman–Crippen MR) is 76.4 cm³/mol. The summed E-state index contributed by atoms with van der Waals surface area (Å²) in [5.41, 5.74) is 0.650. The highest BCUT2D eigenvalue weighted by atomic mass is 32.2. The van der Waals surface area contributed by atoms with Crippen molar-refractivity contribution in [1.82, 2.24) is 5.32 Å². The first-order valence-electron chi connectivity index (χ1n) is 6.60. The van der Waals surface area contributed by atoms with E-state index in [-0.39, 0.29) is 17.2 Å². The molecule has 0 atom stereocenters. The first kappa shape index (κ1) is 19.2. The number of benzene rings is 1. The molecule has 23 heavy (non-hydrogen) atoms. The number of hydrogen-bond donors (Lipinski definition) is 2. The van der Waals surface area contributed by atoms with Gasteiger partial charge in [0.15, 0.2) is 0 Å². The lowest BCUT2D eigenvalue weighted by atomic mass is 10.1. The topological polar surface area (TPSA) is 98.5 Å². The number of nitrogens with two attached hydrogens (primary N) is 1. The molecule has 0 spiro atoms. The van der Waals surface area contributed by atoms with Crippen molar-refractivity contribution in [2.75, 3.05) is 13.7 Å². The van der Waals surface area contributed by atoms with Gasteiger partial charge in [0, 0.05) is 6.54 Å². The number of carbonyl (C=O) groups is 1. The number of ether oxygens (including phenoxy) is 1. The maximum Gasteiger partial charge on any atom is 0.471 e. The fourth-order valence-electron chi connectivity index (χ4n) is 1.86. The number of sulfonamides is 1. The third-order valence-electron chi connectivity index (χ3n) is 2.97. The van der Waals surface area contributed by atoms with E-state index in [2.05, 4.69) is 0 Å². The molecule has 1 aromatic carbocycles. The predicted octanol–water partition coefficient (Wildman–Crippen LogP) is 1.34. The monoisotopic (exact) mass is 354 g/mol. The minimum atomic E-state index is -4.89. The van der Waals surface area contributed by atoms with Crippen LogP contribution in [-0.2, 0) is 21.2 Å². The molecule has 0 bridgehead atoms. The maximum atomic E-state index is 12.0. The van der Waals surface area contributed by atoms with E-state index in [1.165, 1.54) is 19.2 Å². The molecule has 0 fully saturated rings. The molecule has 1 rings (SSSR count). The number of carbonyl (C=O) groups excluding carboxylic acids is 1. The molecule has 0 aliphatic carbocycles. The van der Waals surface area contributed by atoms with E-state index >= 15 is 0 Å². The minimum Gasteiger partial charge on any atom is -0.495 e. The quantitative estimate of drug-likeness (QED) is 0.722. The van der Waals surface area contributed by atoms with Crippen LogP contribution in [0.4, 0.5) is 13.2 Å². The third-order valence-corrected chi connectivity index (χ3v) is 3.90. The minimum absolute atomic E-state index is 0.115. The summed E-state index contributed by atoms with van der Waals surface area (Å²) in [4.78, 5) is 10.4. The highest BCUT2D eigenvalue weighted by Gasteiger charge is 2.38. The van der Waals surface area contributed by atoms with E-state index in [0.29, 0.717) is 24.8 Å².